The van der Waals surface area contributed by atoms with Gasteiger partial charge in [-0.25, -0.2) is 0 Å². The summed E-state index contributed by atoms with van der Waals surface area (Å²) in [5.74, 6) is 0. The number of ether oxygens (including phenoxy) is 1. The molecule has 4 heteroatoms. The van der Waals surface area contributed by atoms with E-state index in [-0.39, 0.29) is 0 Å². The quantitative estimate of drug-likeness (QED) is 0.822. The second-order valence-corrected chi connectivity index (χ2v) is 5.79. The standard InChI is InChI=1S/C14H24N2OS/c1-12(13-5-9-18-11-13)16(7-8-17-2)10-14-4-3-6-15-14/h5,9,11-12,14-15H,3-4,6-8,10H2,1-2H3. The van der Waals surface area contributed by atoms with Gasteiger partial charge >= 0.3 is 0 Å². The van der Waals surface area contributed by atoms with E-state index in [0.717, 1.165) is 19.7 Å². The van der Waals surface area contributed by atoms with Gasteiger partial charge in [-0.1, -0.05) is 0 Å². The number of hydrogen-bond donors (Lipinski definition) is 1. The summed E-state index contributed by atoms with van der Waals surface area (Å²) in [6.45, 7) is 6.41. The lowest BCUT2D eigenvalue weighted by Crippen LogP contribution is -2.40. The van der Waals surface area contributed by atoms with E-state index < -0.39 is 0 Å². The average Bonchev–Trinajstić information content (AvgIpc) is 3.06. The Morgan fingerprint density at radius 1 is 1.61 bits per heavy atom. The Hall–Kier alpha value is -0.420. The van der Waals surface area contributed by atoms with Crippen molar-refractivity contribution in [3.05, 3.63) is 22.4 Å². The van der Waals surface area contributed by atoms with Crippen molar-refractivity contribution >= 4 is 11.3 Å². The minimum atomic E-state index is 0.480. The third kappa shape index (κ3) is 3.79. The van der Waals surface area contributed by atoms with Crippen molar-refractivity contribution in [1.82, 2.24) is 10.2 Å². The zero-order valence-electron chi connectivity index (χ0n) is 11.4. The Labute approximate surface area is 114 Å². The van der Waals surface area contributed by atoms with Crippen molar-refractivity contribution in [2.75, 3.05) is 33.4 Å². The van der Waals surface area contributed by atoms with Crippen molar-refractivity contribution in [3.8, 4) is 0 Å². The first-order chi connectivity index (χ1) is 8.81. The molecule has 1 N–H and O–H groups in total. The van der Waals surface area contributed by atoms with Crippen molar-refractivity contribution in [1.29, 1.82) is 0 Å². The second-order valence-electron chi connectivity index (χ2n) is 5.01. The van der Waals surface area contributed by atoms with Gasteiger partial charge in [0.15, 0.2) is 0 Å². The van der Waals surface area contributed by atoms with Crippen LogP contribution in [0, 0.1) is 0 Å². The molecule has 0 amide bonds. The molecule has 2 heterocycles. The molecule has 1 aliphatic rings. The first kappa shape index (κ1) is 14.0. The fourth-order valence-corrected chi connectivity index (χ4v) is 3.32. The summed E-state index contributed by atoms with van der Waals surface area (Å²) in [5, 5.41) is 8.00. The predicted molar refractivity (Wildman–Crippen MR) is 77.2 cm³/mol. The van der Waals surface area contributed by atoms with Gasteiger partial charge in [-0.3, -0.25) is 4.90 Å². The summed E-state index contributed by atoms with van der Waals surface area (Å²) >= 11 is 1.78. The molecular formula is C14H24N2OS. The number of thiophene rings is 1. The molecule has 2 unspecified atom stereocenters. The summed E-state index contributed by atoms with van der Waals surface area (Å²) in [6.07, 6.45) is 2.62. The maximum Gasteiger partial charge on any atom is 0.0589 e. The minimum absolute atomic E-state index is 0.480. The van der Waals surface area contributed by atoms with E-state index >= 15 is 0 Å². The van der Waals surface area contributed by atoms with E-state index in [4.69, 9.17) is 4.74 Å². The normalized spacial score (nSPS) is 21.6. The first-order valence-corrected chi connectivity index (χ1v) is 7.74. The molecule has 1 aliphatic heterocycles. The van der Waals surface area contributed by atoms with Crippen molar-refractivity contribution in [2.24, 2.45) is 0 Å². The number of nitrogens with one attached hydrogen (secondary N) is 1. The molecule has 2 rings (SSSR count). The first-order valence-electron chi connectivity index (χ1n) is 6.79. The Morgan fingerprint density at radius 2 is 2.50 bits per heavy atom. The number of rotatable bonds is 7. The van der Waals surface area contributed by atoms with E-state index in [1.54, 1.807) is 18.4 Å². The van der Waals surface area contributed by atoms with Crippen LogP contribution in [0.4, 0.5) is 0 Å². The number of methoxy groups -OCH3 is 1. The van der Waals surface area contributed by atoms with Crippen LogP contribution in [-0.2, 0) is 4.74 Å². The van der Waals surface area contributed by atoms with Gasteiger partial charge in [0.2, 0.25) is 0 Å². The van der Waals surface area contributed by atoms with Crippen molar-refractivity contribution in [3.63, 3.8) is 0 Å². The summed E-state index contributed by atoms with van der Waals surface area (Å²) in [6, 6.07) is 3.37. The molecule has 1 aromatic heterocycles. The van der Waals surface area contributed by atoms with Gasteiger partial charge in [0.25, 0.3) is 0 Å². The van der Waals surface area contributed by atoms with E-state index in [0.29, 0.717) is 12.1 Å². The SMILES string of the molecule is COCCN(CC1CCCN1)C(C)c1ccsc1. The maximum atomic E-state index is 5.24. The average molecular weight is 268 g/mol. The van der Waals surface area contributed by atoms with Gasteiger partial charge in [0.05, 0.1) is 6.61 Å². The van der Waals surface area contributed by atoms with Gasteiger partial charge in [0.1, 0.15) is 0 Å². The summed E-state index contributed by atoms with van der Waals surface area (Å²) in [7, 11) is 1.78. The van der Waals surface area contributed by atoms with Crippen LogP contribution in [0.25, 0.3) is 0 Å². The van der Waals surface area contributed by atoms with Crippen LogP contribution in [-0.4, -0.2) is 44.3 Å². The monoisotopic (exact) mass is 268 g/mol. The molecule has 1 fully saturated rings. The molecular weight excluding hydrogens is 244 g/mol. The summed E-state index contributed by atoms with van der Waals surface area (Å²) in [5.41, 5.74) is 1.43. The highest BCUT2D eigenvalue weighted by Gasteiger charge is 2.22. The topological polar surface area (TPSA) is 24.5 Å². The number of nitrogens with zero attached hydrogens (tertiary/aromatic N) is 1. The van der Waals surface area contributed by atoms with Gasteiger partial charge in [-0.2, -0.15) is 11.3 Å². The van der Waals surface area contributed by atoms with Crippen LogP contribution in [0.2, 0.25) is 0 Å². The zero-order valence-corrected chi connectivity index (χ0v) is 12.2. The molecule has 2 atom stereocenters. The highest BCUT2D eigenvalue weighted by molar-refractivity contribution is 7.07. The lowest BCUT2D eigenvalue weighted by molar-refractivity contribution is 0.118. The van der Waals surface area contributed by atoms with Crippen LogP contribution >= 0.6 is 11.3 Å². The van der Waals surface area contributed by atoms with Crippen LogP contribution in [0.15, 0.2) is 16.8 Å². The molecule has 0 aliphatic carbocycles. The molecule has 0 spiro atoms. The lowest BCUT2D eigenvalue weighted by Gasteiger charge is -2.31. The highest BCUT2D eigenvalue weighted by Crippen LogP contribution is 2.23. The Morgan fingerprint density at radius 3 is 3.11 bits per heavy atom. The fourth-order valence-electron chi connectivity index (χ4n) is 2.57. The molecule has 102 valence electrons. The maximum absolute atomic E-state index is 5.24. The van der Waals surface area contributed by atoms with Crippen molar-refractivity contribution in [2.45, 2.75) is 31.8 Å². The smallest absolute Gasteiger partial charge is 0.0589 e. The molecule has 0 bridgehead atoms. The third-order valence-corrected chi connectivity index (χ3v) is 4.47. The second kappa shape index (κ2) is 7.24. The summed E-state index contributed by atoms with van der Waals surface area (Å²) in [4.78, 5) is 2.54. The van der Waals surface area contributed by atoms with Crippen LogP contribution in [0.1, 0.15) is 31.4 Å². The van der Waals surface area contributed by atoms with E-state index in [9.17, 15) is 0 Å². The zero-order chi connectivity index (χ0) is 12.8. The molecule has 18 heavy (non-hydrogen) atoms. The highest BCUT2D eigenvalue weighted by atomic mass is 32.1. The Bertz CT molecular complexity index is 323. The van der Waals surface area contributed by atoms with Gasteiger partial charge in [-0.05, 0) is 48.7 Å². The molecule has 0 aromatic carbocycles. The molecule has 1 aromatic rings. The van der Waals surface area contributed by atoms with Crippen LogP contribution in [0.3, 0.4) is 0 Å². The van der Waals surface area contributed by atoms with Gasteiger partial charge in [0, 0.05) is 32.3 Å². The molecule has 0 radical (unpaired) electrons. The Balaban J connectivity index is 1.94. The third-order valence-electron chi connectivity index (χ3n) is 3.77. The minimum Gasteiger partial charge on any atom is -0.383 e. The largest absolute Gasteiger partial charge is 0.383 e. The van der Waals surface area contributed by atoms with Gasteiger partial charge < -0.3 is 10.1 Å². The van der Waals surface area contributed by atoms with Crippen molar-refractivity contribution < 1.29 is 4.74 Å². The van der Waals surface area contributed by atoms with Crippen LogP contribution in [0.5, 0.6) is 0 Å². The fraction of sp³-hybridized carbons (Fsp3) is 0.714. The Kier molecular flexibility index (Phi) is 5.63. The van der Waals surface area contributed by atoms with Crippen LogP contribution < -0.4 is 5.32 Å². The number of hydrogen-bond acceptors (Lipinski definition) is 4. The summed E-state index contributed by atoms with van der Waals surface area (Å²) < 4.78 is 5.24. The van der Waals surface area contributed by atoms with E-state index in [1.165, 1.54) is 24.9 Å². The van der Waals surface area contributed by atoms with Gasteiger partial charge in [-0.15, -0.1) is 0 Å². The van der Waals surface area contributed by atoms with E-state index in [2.05, 4.69) is 34.0 Å². The molecule has 1 saturated heterocycles. The molecule has 0 saturated carbocycles. The predicted octanol–water partition coefficient (Wildman–Crippen LogP) is 2.51. The van der Waals surface area contributed by atoms with E-state index in [1.807, 2.05) is 0 Å². The molecule has 3 nitrogen and oxygen atoms in total. The lowest BCUT2D eigenvalue weighted by atomic mass is 10.1.